The number of benzene rings is 3. The van der Waals surface area contributed by atoms with E-state index in [1.54, 1.807) is 48.5 Å². The fourth-order valence-corrected chi connectivity index (χ4v) is 3.44. The third kappa shape index (κ3) is 5.78. The standard InChI is InChI=1S/C27H26F2O5/c1-27(2,26(31)32-3)21-15-22(28)20(14-23(30)33-16-18-10-6-4-7-11-18)24(29)25(21)34-17-19-12-8-5-9-13-19/h4-13,15H,14,16-17H2,1-3H3. The van der Waals surface area contributed by atoms with E-state index in [0.29, 0.717) is 0 Å². The normalized spacial score (nSPS) is 11.1. The van der Waals surface area contributed by atoms with E-state index in [1.165, 1.54) is 21.0 Å². The van der Waals surface area contributed by atoms with Gasteiger partial charge in [0, 0.05) is 11.1 Å². The summed E-state index contributed by atoms with van der Waals surface area (Å²) < 4.78 is 46.4. The van der Waals surface area contributed by atoms with Crippen molar-refractivity contribution in [3.05, 3.63) is 101 Å². The van der Waals surface area contributed by atoms with Crippen molar-refractivity contribution in [1.82, 2.24) is 0 Å². The minimum absolute atomic E-state index is 0.0201. The van der Waals surface area contributed by atoms with Gasteiger partial charge in [0.15, 0.2) is 11.6 Å². The molecule has 3 aromatic rings. The van der Waals surface area contributed by atoms with Crippen molar-refractivity contribution in [3.8, 4) is 5.75 Å². The molecular formula is C27H26F2O5. The molecule has 0 aromatic heterocycles. The maximum atomic E-state index is 15.6. The second kappa shape index (κ2) is 10.9. The van der Waals surface area contributed by atoms with Crippen molar-refractivity contribution in [2.24, 2.45) is 0 Å². The lowest BCUT2D eigenvalue weighted by Crippen LogP contribution is -2.31. The van der Waals surface area contributed by atoms with Crippen LogP contribution >= 0.6 is 0 Å². The van der Waals surface area contributed by atoms with Crippen LogP contribution in [-0.2, 0) is 44.1 Å². The lowest BCUT2D eigenvalue weighted by atomic mass is 9.83. The number of hydrogen-bond donors (Lipinski definition) is 0. The van der Waals surface area contributed by atoms with Gasteiger partial charge in [0.1, 0.15) is 19.0 Å². The van der Waals surface area contributed by atoms with Gasteiger partial charge < -0.3 is 14.2 Å². The van der Waals surface area contributed by atoms with E-state index in [9.17, 15) is 9.59 Å². The average molecular weight is 468 g/mol. The molecule has 0 saturated heterocycles. The van der Waals surface area contributed by atoms with Crippen molar-refractivity contribution in [2.75, 3.05) is 7.11 Å². The molecule has 0 atom stereocenters. The highest BCUT2D eigenvalue weighted by Gasteiger charge is 2.37. The quantitative estimate of drug-likeness (QED) is 0.400. The van der Waals surface area contributed by atoms with E-state index in [2.05, 4.69) is 0 Å². The molecule has 7 heteroatoms. The Labute approximate surface area is 197 Å². The lowest BCUT2D eigenvalue weighted by molar-refractivity contribution is -0.146. The molecule has 0 aliphatic rings. The van der Waals surface area contributed by atoms with E-state index in [4.69, 9.17) is 14.2 Å². The van der Waals surface area contributed by atoms with Crippen LogP contribution in [0.15, 0.2) is 66.7 Å². The molecule has 0 N–H and O–H groups in total. The summed E-state index contributed by atoms with van der Waals surface area (Å²) in [4.78, 5) is 24.7. The third-order valence-electron chi connectivity index (χ3n) is 5.43. The first-order valence-corrected chi connectivity index (χ1v) is 10.7. The van der Waals surface area contributed by atoms with E-state index in [1.807, 2.05) is 12.1 Å². The van der Waals surface area contributed by atoms with Crippen LogP contribution in [0.25, 0.3) is 0 Å². The second-order valence-electron chi connectivity index (χ2n) is 8.24. The Morgan fingerprint density at radius 1 is 0.882 bits per heavy atom. The van der Waals surface area contributed by atoms with Crippen molar-refractivity contribution in [3.63, 3.8) is 0 Å². The van der Waals surface area contributed by atoms with Gasteiger partial charge in [-0.05, 0) is 31.0 Å². The van der Waals surface area contributed by atoms with Gasteiger partial charge in [-0.1, -0.05) is 60.7 Å². The number of carbonyl (C=O) groups excluding carboxylic acids is 2. The molecule has 0 bridgehead atoms. The van der Waals surface area contributed by atoms with Gasteiger partial charge in [0.2, 0.25) is 0 Å². The van der Waals surface area contributed by atoms with Gasteiger partial charge in [0.25, 0.3) is 0 Å². The summed E-state index contributed by atoms with van der Waals surface area (Å²) in [7, 11) is 1.19. The molecular weight excluding hydrogens is 442 g/mol. The Bertz CT molecular complexity index is 1140. The Hall–Kier alpha value is -3.74. The minimum atomic E-state index is -1.41. The predicted molar refractivity (Wildman–Crippen MR) is 122 cm³/mol. The average Bonchev–Trinajstić information content (AvgIpc) is 2.85. The van der Waals surface area contributed by atoms with Crippen molar-refractivity contribution in [1.29, 1.82) is 0 Å². The predicted octanol–water partition coefficient (Wildman–Crippen LogP) is 5.28. The first kappa shape index (κ1) is 24.9. The molecule has 5 nitrogen and oxygen atoms in total. The Morgan fingerprint density at radius 2 is 1.44 bits per heavy atom. The van der Waals surface area contributed by atoms with Gasteiger partial charge in [-0.25, -0.2) is 8.78 Å². The van der Waals surface area contributed by atoms with Crippen molar-refractivity contribution < 1.29 is 32.6 Å². The molecule has 0 saturated carbocycles. The number of hydrogen-bond acceptors (Lipinski definition) is 5. The van der Waals surface area contributed by atoms with Crippen LogP contribution < -0.4 is 4.74 Å². The number of ether oxygens (including phenoxy) is 3. The maximum absolute atomic E-state index is 15.6. The van der Waals surface area contributed by atoms with Gasteiger partial charge >= 0.3 is 11.9 Å². The largest absolute Gasteiger partial charge is 0.485 e. The summed E-state index contributed by atoms with van der Waals surface area (Å²) in [5, 5.41) is 0. The molecule has 0 amide bonds. The highest BCUT2D eigenvalue weighted by molar-refractivity contribution is 5.83. The van der Waals surface area contributed by atoms with Crippen LogP contribution in [0.5, 0.6) is 5.75 Å². The minimum Gasteiger partial charge on any atom is -0.485 e. The number of halogens is 2. The van der Waals surface area contributed by atoms with Crippen LogP contribution in [0.1, 0.15) is 36.1 Å². The Balaban J connectivity index is 1.92. The van der Waals surface area contributed by atoms with Gasteiger partial charge in [-0.3, -0.25) is 9.59 Å². The Kier molecular flexibility index (Phi) is 7.99. The molecule has 3 aromatic carbocycles. The van der Waals surface area contributed by atoms with Crippen LogP contribution in [-0.4, -0.2) is 19.0 Å². The Morgan fingerprint density at radius 3 is 2.00 bits per heavy atom. The maximum Gasteiger partial charge on any atom is 0.315 e. The van der Waals surface area contributed by atoms with Crippen LogP contribution in [0.4, 0.5) is 8.78 Å². The number of rotatable bonds is 9. The molecule has 0 aliphatic carbocycles. The van der Waals surface area contributed by atoms with E-state index in [-0.39, 0.29) is 24.5 Å². The molecule has 3 rings (SSSR count). The van der Waals surface area contributed by atoms with Gasteiger partial charge in [0.05, 0.1) is 18.9 Å². The first-order valence-electron chi connectivity index (χ1n) is 10.7. The summed E-state index contributed by atoms with van der Waals surface area (Å²) in [6, 6.07) is 19.0. The van der Waals surface area contributed by atoms with Gasteiger partial charge in [-0.15, -0.1) is 0 Å². The van der Waals surface area contributed by atoms with Crippen LogP contribution in [0, 0.1) is 11.6 Å². The molecule has 34 heavy (non-hydrogen) atoms. The fraction of sp³-hybridized carbons (Fsp3) is 0.259. The monoisotopic (exact) mass is 468 g/mol. The fourth-order valence-electron chi connectivity index (χ4n) is 3.44. The summed E-state index contributed by atoms with van der Waals surface area (Å²) in [6.45, 7) is 2.92. The van der Waals surface area contributed by atoms with E-state index >= 15 is 8.78 Å². The topological polar surface area (TPSA) is 61.8 Å². The van der Waals surface area contributed by atoms with Gasteiger partial charge in [-0.2, -0.15) is 0 Å². The number of carbonyl (C=O) groups is 2. The smallest absolute Gasteiger partial charge is 0.315 e. The summed E-state index contributed by atoms with van der Waals surface area (Å²) in [5.41, 5.74) is -0.428. The number of methoxy groups -OCH3 is 1. The third-order valence-corrected chi connectivity index (χ3v) is 5.43. The summed E-state index contributed by atoms with van der Waals surface area (Å²) in [6.07, 6.45) is -0.634. The first-order chi connectivity index (χ1) is 16.2. The van der Waals surface area contributed by atoms with Crippen LogP contribution in [0.2, 0.25) is 0 Å². The highest BCUT2D eigenvalue weighted by atomic mass is 19.1. The van der Waals surface area contributed by atoms with Crippen molar-refractivity contribution >= 4 is 11.9 Å². The molecule has 0 radical (unpaired) electrons. The summed E-state index contributed by atoms with van der Waals surface area (Å²) >= 11 is 0. The van der Waals surface area contributed by atoms with Crippen LogP contribution in [0.3, 0.4) is 0 Å². The molecule has 0 heterocycles. The van der Waals surface area contributed by atoms with Crippen molar-refractivity contribution in [2.45, 2.75) is 38.9 Å². The lowest BCUT2D eigenvalue weighted by Gasteiger charge is -2.26. The SMILES string of the molecule is COC(=O)C(C)(C)c1cc(F)c(CC(=O)OCc2ccccc2)c(F)c1OCc1ccccc1. The molecule has 0 aliphatic heterocycles. The molecule has 0 spiro atoms. The zero-order chi connectivity index (χ0) is 24.7. The zero-order valence-electron chi connectivity index (χ0n) is 19.3. The van der Waals surface area contributed by atoms with E-state index in [0.717, 1.165) is 17.2 Å². The highest BCUT2D eigenvalue weighted by Crippen LogP contribution is 2.38. The molecule has 0 unspecified atom stereocenters. The zero-order valence-corrected chi connectivity index (χ0v) is 19.3. The second-order valence-corrected chi connectivity index (χ2v) is 8.24. The summed E-state index contributed by atoms with van der Waals surface area (Å²) in [5.74, 6) is -3.83. The molecule has 0 fully saturated rings. The van der Waals surface area contributed by atoms with E-state index < -0.39 is 41.0 Å². The molecule has 178 valence electrons. The number of esters is 2.